The van der Waals surface area contributed by atoms with Crippen LogP contribution >= 0.6 is 23.2 Å². The van der Waals surface area contributed by atoms with Crippen LogP contribution in [0.25, 0.3) is 0 Å². The maximum Gasteiger partial charge on any atom is 0.240 e. The van der Waals surface area contributed by atoms with Gasteiger partial charge < -0.3 is 4.74 Å². The van der Waals surface area contributed by atoms with Crippen LogP contribution in [-0.2, 0) is 4.79 Å². The first-order valence-electron chi connectivity index (χ1n) is 8.50. The number of aryl methyl sites for hydroxylation is 1. The summed E-state index contributed by atoms with van der Waals surface area (Å²) in [6.45, 7) is 4.43. The maximum atomic E-state index is 12.0. The lowest BCUT2D eigenvalue weighted by Crippen LogP contribution is -2.20. The molecule has 0 heterocycles. The number of nitrogens with zero attached hydrogens (tertiary/aromatic N) is 1. The Balaban J connectivity index is 1.78. The smallest absolute Gasteiger partial charge is 0.240 e. The molecule has 0 atom stereocenters. The number of hydrogen-bond donors (Lipinski definition) is 1. The highest BCUT2D eigenvalue weighted by atomic mass is 35.5. The Hall–Kier alpha value is -2.04. The third-order valence-electron chi connectivity index (χ3n) is 3.73. The lowest BCUT2D eigenvalue weighted by atomic mass is 10.1. The number of carbonyl (C=O) groups is 1. The van der Waals surface area contributed by atoms with Crippen molar-refractivity contribution in [3.8, 4) is 5.75 Å². The van der Waals surface area contributed by atoms with Crippen molar-refractivity contribution in [3.05, 3.63) is 63.6 Å². The van der Waals surface area contributed by atoms with Gasteiger partial charge in [-0.15, -0.1) is 0 Å². The van der Waals surface area contributed by atoms with Gasteiger partial charge in [-0.2, -0.15) is 5.10 Å². The molecule has 0 saturated carbocycles. The number of amides is 1. The van der Waals surface area contributed by atoms with Crippen LogP contribution in [-0.4, -0.2) is 18.2 Å². The van der Waals surface area contributed by atoms with E-state index in [1.807, 2.05) is 38.1 Å². The number of halogens is 2. The molecule has 0 aliphatic carbocycles. The van der Waals surface area contributed by atoms with Crippen LogP contribution in [0.15, 0.2) is 47.6 Å². The van der Waals surface area contributed by atoms with Crippen molar-refractivity contribution in [3.63, 3.8) is 0 Å². The van der Waals surface area contributed by atoms with Gasteiger partial charge in [0.15, 0.2) is 0 Å². The quantitative estimate of drug-likeness (QED) is 0.371. The predicted molar refractivity (Wildman–Crippen MR) is 107 cm³/mol. The van der Waals surface area contributed by atoms with Gasteiger partial charge in [-0.05, 0) is 43.5 Å². The van der Waals surface area contributed by atoms with Gasteiger partial charge in [0, 0.05) is 11.4 Å². The highest BCUT2D eigenvalue weighted by Gasteiger charge is 2.06. The van der Waals surface area contributed by atoms with E-state index in [1.54, 1.807) is 18.2 Å². The monoisotopic (exact) mass is 392 g/mol. The van der Waals surface area contributed by atoms with Gasteiger partial charge in [-0.3, -0.25) is 4.79 Å². The van der Waals surface area contributed by atoms with Gasteiger partial charge in [-0.25, -0.2) is 5.43 Å². The van der Waals surface area contributed by atoms with Crippen LogP contribution in [0.4, 0.5) is 0 Å². The molecule has 1 N–H and O–H groups in total. The van der Waals surface area contributed by atoms with Crippen molar-refractivity contribution in [2.75, 3.05) is 6.61 Å². The fourth-order valence-corrected chi connectivity index (χ4v) is 2.75. The van der Waals surface area contributed by atoms with Gasteiger partial charge in [0.05, 0.1) is 17.3 Å². The fourth-order valence-electron chi connectivity index (χ4n) is 2.29. The van der Waals surface area contributed by atoms with Crippen molar-refractivity contribution >= 4 is 34.8 Å². The summed E-state index contributed by atoms with van der Waals surface area (Å²) >= 11 is 11.9. The van der Waals surface area contributed by atoms with E-state index in [0.29, 0.717) is 35.2 Å². The molecular weight excluding hydrogens is 371 g/mol. The Bertz CT molecular complexity index is 774. The number of nitrogens with one attached hydrogen (secondary N) is 1. The molecule has 6 heteroatoms. The average molecular weight is 393 g/mol. The minimum absolute atomic E-state index is 0.145. The summed E-state index contributed by atoms with van der Waals surface area (Å²) in [6.07, 6.45) is 1.62. The van der Waals surface area contributed by atoms with Crippen molar-refractivity contribution in [1.29, 1.82) is 0 Å². The molecule has 0 bridgehead atoms. The van der Waals surface area contributed by atoms with Crippen molar-refractivity contribution in [2.45, 2.75) is 33.1 Å². The van der Waals surface area contributed by atoms with E-state index < -0.39 is 0 Å². The van der Waals surface area contributed by atoms with E-state index >= 15 is 0 Å². The predicted octanol–water partition coefficient (Wildman–Crippen LogP) is 5.39. The number of hydrazone groups is 1. The van der Waals surface area contributed by atoms with Crippen molar-refractivity contribution in [2.24, 2.45) is 5.10 Å². The Morgan fingerprint density at radius 2 is 1.88 bits per heavy atom. The zero-order valence-corrected chi connectivity index (χ0v) is 16.4. The van der Waals surface area contributed by atoms with Crippen LogP contribution in [0.2, 0.25) is 10.0 Å². The maximum absolute atomic E-state index is 12.0. The summed E-state index contributed by atoms with van der Waals surface area (Å²) in [5.74, 6) is 0.413. The second-order valence-corrected chi connectivity index (χ2v) is 6.68. The average Bonchev–Trinajstić information content (AvgIpc) is 2.62. The molecular formula is C20H22Cl2N2O2. The molecule has 0 radical (unpaired) electrons. The van der Waals surface area contributed by atoms with Gasteiger partial charge in [-0.1, -0.05) is 60.0 Å². The number of hydrogen-bond acceptors (Lipinski definition) is 3. The lowest BCUT2D eigenvalue weighted by Gasteiger charge is -2.08. The normalized spacial score (nSPS) is 11.3. The summed E-state index contributed by atoms with van der Waals surface area (Å²) in [4.78, 5) is 12.0. The van der Waals surface area contributed by atoms with Crippen molar-refractivity contribution < 1.29 is 9.53 Å². The minimum Gasteiger partial charge on any atom is -0.492 e. The Kier molecular flexibility index (Phi) is 7.95. The molecule has 1 amide bonds. The molecule has 0 aliphatic heterocycles. The van der Waals surface area contributed by atoms with E-state index in [-0.39, 0.29) is 5.91 Å². The van der Waals surface area contributed by atoms with Crippen LogP contribution in [0.3, 0.4) is 0 Å². The molecule has 2 rings (SSSR count). The molecule has 138 valence electrons. The van der Waals surface area contributed by atoms with E-state index in [9.17, 15) is 4.79 Å². The largest absolute Gasteiger partial charge is 0.492 e. The Morgan fingerprint density at radius 1 is 1.15 bits per heavy atom. The molecule has 0 aliphatic rings. The van der Waals surface area contributed by atoms with Gasteiger partial charge in [0.1, 0.15) is 5.75 Å². The third kappa shape index (κ3) is 6.36. The van der Waals surface area contributed by atoms with E-state index in [2.05, 4.69) is 10.5 Å². The van der Waals surface area contributed by atoms with Crippen LogP contribution < -0.4 is 10.2 Å². The van der Waals surface area contributed by atoms with Crippen molar-refractivity contribution in [1.82, 2.24) is 5.43 Å². The first-order valence-corrected chi connectivity index (χ1v) is 9.25. The highest BCUT2D eigenvalue weighted by Crippen LogP contribution is 2.27. The first kappa shape index (κ1) is 20.3. The van der Waals surface area contributed by atoms with Gasteiger partial charge in [0.2, 0.25) is 5.91 Å². The summed E-state index contributed by atoms with van der Waals surface area (Å²) in [7, 11) is 0. The van der Waals surface area contributed by atoms with Crippen LogP contribution in [0.1, 0.15) is 37.3 Å². The SMILES string of the molecule is CC/C(=N\NC(=O)CCCOc1ccc(Cl)cc1Cl)c1ccc(C)cc1. The van der Waals surface area contributed by atoms with Crippen LogP contribution in [0, 0.1) is 6.92 Å². The zero-order chi connectivity index (χ0) is 18.9. The summed E-state index contributed by atoms with van der Waals surface area (Å²) in [5.41, 5.74) is 5.67. The second kappa shape index (κ2) is 10.2. The topological polar surface area (TPSA) is 50.7 Å². The Morgan fingerprint density at radius 3 is 2.54 bits per heavy atom. The molecule has 0 aromatic heterocycles. The molecule has 0 saturated heterocycles. The molecule has 0 fully saturated rings. The molecule has 4 nitrogen and oxygen atoms in total. The number of rotatable bonds is 8. The summed E-state index contributed by atoms with van der Waals surface area (Å²) in [6, 6.07) is 13.1. The molecule has 2 aromatic carbocycles. The first-order chi connectivity index (χ1) is 12.5. The second-order valence-electron chi connectivity index (χ2n) is 5.84. The molecule has 2 aromatic rings. The van der Waals surface area contributed by atoms with E-state index in [0.717, 1.165) is 17.7 Å². The molecule has 26 heavy (non-hydrogen) atoms. The van der Waals surface area contributed by atoms with E-state index in [1.165, 1.54) is 5.56 Å². The van der Waals surface area contributed by atoms with Gasteiger partial charge in [0.25, 0.3) is 0 Å². The van der Waals surface area contributed by atoms with E-state index in [4.69, 9.17) is 27.9 Å². The fraction of sp³-hybridized carbons (Fsp3) is 0.300. The summed E-state index contributed by atoms with van der Waals surface area (Å²) < 4.78 is 5.56. The zero-order valence-electron chi connectivity index (χ0n) is 14.9. The summed E-state index contributed by atoms with van der Waals surface area (Å²) in [5, 5.41) is 5.25. The third-order valence-corrected chi connectivity index (χ3v) is 4.27. The minimum atomic E-state index is -0.145. The number of carbonyl (C=O) groups excluding carboxylic acids is 1. The standard InChI is InChI=1S/C20H22Cl2N2O2/c1-3-18(15-8-6-14(2)7-9-15)23-24-20(25)5-4-12-26-19-11-10-16(21)13-17(19)22/h6-11,13H,3-5,12H2,1-2H3,(H,24,25)/b23-18+. The molecule has 0 unspecified atom stereocenters. The van der Waals surface area contributed by atoms with Crippen LogP contribution in [0.5, 0.6) is 5.75 Å². The Labute approximate surface area is 164 Å². The number of ether oxygens (including phenoxy) is 1. The highest BCUT2D eigenvalue weighted by molar-refractivity contribution is 6.35. The lowest BCUT2D eigenvalue weighted by molar-refractivity contribution is -0.121. The number of benzene rings is 2. The van der Waals surface area contributed by atoms with Gasteiger partial charge >= 0.3 is 0 Å². The molecule has 0 spiro atoms.